The summed E-state index contributed by atoms with van der Waals surface area (Å²) in [6, 6.07) is 7.24. The Morgan fingerprint density at radius 1 is 1.19 bits per heavy atom. The van der Waals surface area contributed by atoms with Gasteiger partial charge < -0.3 is 5.73 Å². The van der Waals surface area contributed by atoms with Gasteiger partial charge in [0.25, 0.3) is 10.0 Å². The minimum Gasteiger partial charge on any atom is -0.398 e. The number of nitrogens with two attached hydrogens (primary N) is 1. The number of nitrogen functional groups attached to an aromatic ring is 1. The Morgan fingerprint density at radius 2 is 1.86 bits per heavy atom. The fourth-order valence-corrected chi connectivity index (χ4v) is 3.55. The molecule has 0 aliphatic rings. The molecular formula is C13H11Br2FN2O2S. The average Bonchev–Trinajstić information content (AvgIpc) is 2.37. The van der Waals surface area contributed by atoms with E-state index in [0.29, 0.717) is 20.2 Å². The second kappa shape index (κ2) is 5.94. The summed E-state index contributed by atoms with van der Waals surface area (Å²) in [6.45, 7) is 1.75. The molecule has 4 nitrogen and oxygen atoms in total. The molecule has 0 spiro atoms. The SMILES string of the molecule is Cc1ccc(Br)cc1NS(=O)(=O)c1cc(N)c(Br)cc1F. The van der Waals surface area contributed by atoms with E-state index in [2.05, 4.69) is 36.6 Å². The molecule has 0 heterocycles. The monoisotopic (exact) mass is 436 g/mol. The zero-order valence-corrected chi connectivity index (χ0v) is 14.8. The number of anilines is 2. The van der Waals surface area contributed by atoms with Crippen molar-refractivity contribution in [3.05, 3.63) is 50.7 Å². The van der Waals surface area contributed by atoms with Gasteiger partial charge in [0.2, 0.25) is 0 Å². The average molecular weight is 438 g/mol. The lowest BCUT2D eigenvalue weighted by Crippen LogP contribution is -2.16. The standard InChI is InChI=1S/C13H11Br2FN2O2S/c1-7-2-3-8(14)4-12(7)18-21(19,20)13-6-11(17)9(15)5-10(13)16/h2-6,18H,17H2,1H3. The molecule has 0 radical (unpaired) electrons. The third kappa shape index (κ3) is 3.56. The number of halogens is 3. The Labute approximate surface area is 138 Å². The van der Waals surface area contributed by atoms with E-state index in [1.165, 1.54) is 0 Å². The van der Waals surface area contributed by atoms with Crippen LogP contribution in [-0.4, -0.2) is 8.42 Å². The van der Waals surface area contributed by atoms with Crippen LogP contribution in [0, 0.1) is 12.7 Å². The van der Waals surface area contributed by atoms with Gasteiger partial charge in [-0.05, 0) is 52.7 Å². The van der Waals surface area contributed by atoms with Gasteiger partial charge in [-0.25, -0.2) is 12.8 Å². The van der Waals surface area contributed by atoms with Gasteiger partial charge in [-0.2, -0.15) is 0 Å². The number of rotatable bonds is 3. The summed E-state index contributed by atoms with van der Waals surface area (Å²) in [6.07, 6.45) is 0. The maximum atomic E-state index is 13.9. The van der Waals surface area contributed by atoms with Gasteiger partial charge in [-0.1, -0.05) is 22.0 Å². The van der Waals surface area contributed by atoms with Crippen molar-refractivity contribution in [1.29, 1.82) is 0 Å². The molecule has 2 aromatic rings. The van der Waals surface area contributed by atoms with Crippen molar-refractivity contribution in [3.8, 4) is 0 Å². The number of hydrogen-bond acceptors (Lipinski definition) is 3. The Morgan fingerprint density at radius 3 is 2.52 bits per heavy atom. The molecule has 3 N–H and O–H groups in total. The van der Waals surface area contributed by atoms with Crippen molar-refractivity contribution in [3.63, 3.8) is 0 Å². The van der Waals surface area contributed by atoms with Crippen LogP contribution in [0.5, 0.6) is 0 Å². The van der Waals surface area contributed by atoms with Crippen molar-refractivity contribution in [2.24, 2.45) is 0 Å². The van der Waals surface area contributed by atoms with Gasteiger partial charge >= 0.3 is 0 Å². The molecule has 0 aromatic heterocycles. The Balaban J connectivity index is 2.48. The summed E-state index contributed by atoms with van der Waals surface area (Å²) < 4.78 is 41.9. The zero-order chi connectivity index (χ0) is 15.8. The van der Waals surface area contributed by atoms with E-state index >= 15 is 0 Å². The van der Waals surface area contributed by atoms with Gasteiger partial charge in [-0.15, -0.1) is 0 Å². The molecule has 112 valence electrons. The van der Waals surface area contributed by atoms with Crippen LogP contribution in [0.25, 0.3) is 0 Å². The van der Waals surface area contributed by atoms with E-state index in [1.807, 2.05) is 0 Å². The Kier molecular flexibility index (Phi) is 4.60. The van der Waals surface area contributed by atoms with Crippen molar-refractivity contribution in [2.75, 3.05) is 10.5 Å². The quantitative estimate of drug-likeness (QED) is 0.711. The van der Waals surface area contributed by atoms with E-state index in [4.69, 9.17) is 5.73 Å². The Bertz CT molecular complexity index is 810. The molecule has 0 saturated carbocycles. The summed E-state index contributed by atoms with van der Waals surface area (Å²) in [7, 11) is -4.07. The first-order chi connectivity index (χ1) is 9.70. The lowest BCUT2D eigenvalue weighted by molar-refractivity contribution is 0.570. The molecule has 2 rings (SSSR count). The topological polar surface area (TPSA) is 72.2 Å². The van der Waals surface area contributed by atoms with Crippen LogP contribution < -0.4 is 10.5 Å². The first kappa shape index (κ1) is 16.3. The van der Waals surface area contributed by atoms with Crippen molar-refractivity contribution < 1.29 is 12.8 Å². The second-order valence-corrected chi connectivity index (χ2v) is 7.79. The number of benzene rings is 2. The normalized spacial score (nSPS) is 11.4. The van der Waals surface area contributed by atoms with E-state index in [0.717, 1.165) is 12.1 Å². The third-order valence-electron chi connectivity index (χ3n) is 2.78. The maximum absolute atomic E-state index is 13.9. The second-order valence-electron chi connectivity index (χ2n) is 4.37. The molecule has 0 aliphatic heterocycles. The molecule has 8 heteroatoms. The molecule has 0 bridgehead atoms. The largest absolute Gasteiger partial charge is 0.398 e. The molecule has 0 fully saturated rings. The first-order valence-electron chi connectivity index (χ1n) is 5.74. The van der Waals surface area contributed by atoms with Crippen LogP contribution in [0.2, 0.25) is 0 Å². The van der Waals surface area contributed by atoms with Gasteiger partial charge in [0, 0.05) is 14.6 Å². The van der Waals surface area contributed by atoms with Crippen LogP contribution >= 0.6 is 31.9 Å². The molecular weight excluding hydrogens is 427 g/mol. The lowest BCUT2D eigenvalue weighted by Gasteiger charge is -2.12. The maximum Gasteiger partial charge on any atom is 0.264 e. The number of hydrogen-bond donors (Lipinski definition) is 2. The van der Waals surface area contributed by atoms with Crippen molar-refractivity contribution >= 4 is 53.3 Å². The summed E-state index contributed by atoms with van der Waals surface area (Å²) in [4.78, 5) is -0.498. The predicted octanol–water partition coefficient (Wildman–Crippen LogP) is 4.04. The highest BCUT2D eigenvalue weighted by Crippen LogP contribution is 2.29. The highest BCUT2D eigenvalue weighted by molar-refractivity contribution is 9.10. The first-order valence-corrected chi connectivity index (χ1v) is 8.81. The smallest absolute Gasteiger partial charge is 0.264 e. The third-order valence-corrected chi connectivity index (χ3v) is 5.35. The minimum atomic E-state index is -4.07. The molecule has 0 atom stereocenters. The summed E-state index contributed by atoms with van der Waals surface area (Å²) in [5.41, 5.74) is 6.84. The van der Waals surface area contributed by atoms with Gasteiger partial charge in [0.05, 0.1) is 5.69 Å². The molecule has 21 heavy (non-hydrogen) atoms. The number of sulfonamides is 1. The van der Waals surface area contributed by atoms with Gasteiger partial charge in [0.1, 0.15) is 10.7 Å². The number of aryl methyl sites for hydroxylation is 1. The Hall–Kier alpha value is -1.12. The molecule has 2 aromatic carbocycles. The number of nitrogens with one attached hydrogen (secondary N) is 1. The van der Waals surface area contributed by atoms with E-state index in [9.17, 15) is 12.8 Å². The predicted molar refractivity (Wildman–Crippen MR) is 88.2 cm³/mol. The van der Waals surface area contributed by atoms with Crippen LogP contribution in [0.1, 0.15) is 5.56 Å². The van der Waals surface area contributed by atoms with Crippen molar-refractivity contribution in [1.82, 2.24) is 0 Å². The van der Waals surface area contributed by atoms with Crippen molar-refractivity contribution in [2.45, 2.75) is 11.8 Å². The minimum absolute atomic E-state index is 0.141. The summed E-state index contributed by atoms with van der Waals surface area (Å²) >= 11 is 6.31. The molecule has 0 aliphatic carbocycles. The van der Waals surface area contributed by atoms with E-state index < -0.39 is 20.7 Å². The highest BCUT2D eigenvalue weighted by Gasteiger charge is 2.21. The van der Waals surface area contributed by atoms with Gasteiger partial charge in [0.15, 0.2) is 0 Å². The fraction of sp³-hybridized carbons (Fsp3) is 0.0769. The lowest BCUT2D eigenvalue weighted by atomic mass is 10.2. The highest BCUT2D eigenvalue weighted by atomic mass is 79.9. The summed E-state index contributed by atoms with van der Waals surface area (Å²) in [5, 5.41) is 0. The molecule has 0 amide bonds. The van der Waals surface area contributed by atoms with E-state index in [-0.39, 0.29) is 5.69 Å². The fourth-order valence-electron chi connectivity index (χ4n) is 1.65. The van der Waals surface area contributed by atoms with Gasteiger partial charge in [-0.3, -0.25) is 4.72 Å². The van der Waals surface area contributed by atoms with Crippen LogP contribution in [0.15, 0.2) is 44.2 Å². The zero-order valence-electron chi connectivity index (χ0n) is 10.8. The van der Waals surface area contributed by atoms with Crippen LogP contribution in [-0.2, 0) is 10.0 Å². The van der Waals surface area contributed by atoms with Crippen LogP contribution in [0.4, 0.5) is 15.8 Å². The molecule has 0 saturated heterocycles. The van der Waals surface area contributed by atoms with Crippen LogP contribution in [0.3, 0.4) is 0 Å². The molecule has 0 unspecified atom stereocenters. The van der Waals surface area contributed by atoms with E-state index in [1.54, 1.807) is 25.1 Å². The summed E-state index contributed by atoms with van der Waals surface area (Å²) in [5.74, 6) is -0.878.